The van der Waals surface area contributed by atoms with Crippen molar-refractivity contribution in [1.82, 2.24) is 0 Å². The Kier molecular flexibility index (Phi) is 7.68. The Morgan fingerprint density at radius 3 is 2.65 bits per heavy atom. The molecule has 0 aliphatic carbocycles. The van der Waals surface area contributed by atoms with Gasteiger partial charge in [0.05, 0.1) is 18.9 Å². The zero-order valence-electron chi connectivity index (χ0n) is 15.1. The van der Waals surface area contributed by atoms with Crippen molar-refractivity contribution in [1.29, 1.82) is 0 Å². The van der Waals surface area contributed by atoms with E-state index in [1.807, 2.05) is 25.1 Å². The van der Waals surface area contributed by atoms with Crippen molar-refractivity contribution in [3.8, 4) is 11.5 Å². The molecule has 0 fully saturated rings. The van der Waals surface area contributed by atoms with Crippen LogP contribution in [0.3, 0.4) is 0 Å². The van der Waals surface area contributed by atoms with Crippen LogP contribution in [0.1, 0.15) is 32.3 Å². The van der Waals surface area contributed by atoms with E-state index in [0.717, 1.165) is 18.4 Å². The second-order valence-electron chi connectivity index (χ2n) is 5.64. The van der Waals surface area contributed by atoms with Crippen LogP contribution in [0.15, 0.2) is 48.5 Å². The SMILES string of the molecule is CCCCOc1ccc(/C=C/C(=O)Nc2ccccc2F)cc1OCC. The summed E-state index contributed by atoms with van der Waals surface area (Å²) in [5.74, 6) is 0.450. The van der Waals surface area contributed by atoms with E-state index in [4.69, 9.17) is 9.47 Å². The molecule has 0 spiro atoms. The van der Waals surface area contributed by atoms with Crippen LogP contribution in [-0.4, -0.2) is 19.1 Å². The van der Waals surface area contributed by atoms with Crippen LogP contribution in [-0.2, 0) is 4.79 Å². The van der Waals surface area contributed by atoms with Gasteiger partial charge in [0.2, 0.25) is 5.91 Å². The molecular weight excluding hydrogens is 333 g/mol. The number of para-hydroxylation sites is 1. The summed E-state index contributed by atoms with van der Waals surface area (Å²) in [4.78, 5) is 12.0. The van der Waals surface area contributed by atoms with Crippen molar-refractivity contribution in [2.75, 3.05) is 18.5 Å². The first kappa shape index (κ1) is 19.5. The number of hydrogen-bond acceptors (Lipinski definition) is 3. The van der Waals surface area contributed by atoms with E-state index in [1.165, 1.54) is 18.2 Å². The summed E-state index contributed by atoms with van der Waals surface area (Å²) >= 11 is 0. The first-order valence-corrected chi connectivity index (χ1v) is 8.77. The Balaban J connectivity index is 2.05. The maximum absolute atomic E-state index is 13.6. The summed E-state index contributed by atoms with van der Waals surface area (Å²) in [7, 11) is 0. The van der Waals surface area contributed by atoms with E-state index in [2.05, 4.69) is 12.2 Å². The molecule has 2 rings (SSSR count). The second kappa shape index (κ2) is 10.2. The third kappa shape index (κ3) is 5.92. The number of halogens is 1. The molecule has 138 valence electrons. The summed E-state index contributed by atoms with van der Waals surface area (Å²) in [6.07, 6.45) is 5.04. The topological polar surface area (TPSA) is 47.6 Å². The highest BCUT2D eigenvalue weighted by atomic mass is 19.1. The van der Waals surface area contributed by atoms with E-state index in [1.54, 1.807) is 18.2 Å². The number of unbranched alkanes of at least 4 members (excludes halogenated alkanes) is 1. The molecule has 1 amide bonds. The molecule has 4 nitrogen and oxygen atoms in total. The number of rotatable bonds is 9. The molecule has 0 radical (unpaired) electrons. The van der Waals surface area contributed by atoms with Crippen molar-refractivity contribution >= 4 is 17.7 Å². The largest absolute Gasteiger partial charge is 0.490 e. The molecule has 0 atom stereocenters. The molecule has 0 unspecified atom stereocenters. The third-order valence-corrected chi connectivity index (χ3v) is 3.58. The number of carbonyl (C=O) groups excluding carboxylic acids is 1. The number of ether oxygens (including phenoxy) is 2. The van der Waals surface area contributed by atoms with E-state index in [9.17, 15) is 9.18 Å². The number of carbonyl (C=O) groups is 1. The highest BCUT2D eigenvalue weighted by Crippen LogP contribution is 2.29. The van der Waals surface area contributed by atoms with Crippen LogP contribution in [0.4, 0.5) is 10.1 Å². The van der Waals surface area contributed by atoms with Gasteiger partial charge in [-0.3, -0.25) is 4.79 Å². The maximum Gasteiger partial charge on any atom is 0.248 e. The molecule has 0 aliphatic heterocycles. The van der Waals surface area contributed by atoms with Crippen LogP contribution in [0.25, 0.3) is 6.08 Å². The van der Waals surface area contributed by atoms with Crippen molar-refractivity contribution in [3.05, 3.63) is 59.9 Å². The quantitative estimate of drug-likeness (QED) is 0.504. The third-order valence-electron chi connectivity index (χ3n) is 3.58. The average Bonchev–Trinajstić information content (AvgIpc) is 2.64. The van der Waals surface area contributed by atoms with Gasteiger partial charge < -0.3 is 14.8 Å². The molecule has 0 aromatic heterocycles. The van der Waals surface area contributed by atoms with Gasteiger partial charge in [-0.05, 0) is 49.2 Å². The Morgan fingerprint density at radius 1 is 1.12 bits per heavy atom. The fourth-order valence-corrected chi connectivity index (χ4v) is 2.25. The lowest BCUT2D eigenvalue weighted by atomic mass is 10.2. The monoisotopic (exact) mass is 357 g/mol. The molecule has 26 heavy (non-hydrogen) atoms. The van der Waals surface area contributed by atoms with E-state index < -0.39 is 11.7 Å². The number of benzene rings is 2. The number of amides is 1. The molecule has 5 heteroatoms. The minimum Gasteiger partial charge on any atom is -0.490 e. The van der Waals surface area contributed by atoms with Crippen molar-refractivity contribution in [3.63, 3.8) is 0 Å². The minimum atomic E-state index is -0.471. The molecule has 0 saturated carbocycles. The molecule has 0 aliphatic rings. The van der Waals surface area contributed by atoms with Gasteiger partial charge in [0, 0.05) is 6.08 Å². The van der Waals surface area contributed by atoms with Crippen LogP contribution in [0.2, 0.25) is 0 Å². The Hall–Kier alpha value is -2.82. The zero-order chi connectivity index (χ0) is 18.8. The van der Waals surface area contributed by atoms with Crippen LogP contribution in [0, 0.1) is 5.82 Å². The fourth-order valence-electron chi connectivity index (χ4n) is 2.25. The summed E-state index contributed by atoms with van der Waals surface area (Å²) in [6, 6.07) is 11.5. The fraction of sp³-hybridized carbons (Fsp3) is 0.286. The lowest BCUT2D eigenvalue weighted by molar-refractivity contribution is -0.111. The molecule has 0 heterocycles. The number of anilines is 1. The minimum absolute atomic E-state index is 0.150. The first-order valence-electron chi connectivity index (χ1n) is 8.77. The lowest BCUT2D eigenvalue weighted by Crippen LogP contribution is -2.09. The van der Waals surface area contributed by atoms with Gasteiger partial charge in [-0.15, -0.1) is 0 Å². The van der Waals surface area contributed by atoms with Crippen molar-refractivity contribution < 1.29 is 18.7 Å². The van der Waals surface area contributed by atoms with E-state index >= 15 is 0 Å². The van der Waals surface area contributed by atoms with E-state index in [0.29, 0.717) is 24.7 Å². The second-order valence-corrected chi connectivity index (χ2v) is 5.64. The number of nitrogens with one attached hydrogen (secondary N) is 1. The van der Waals surface area contributed by atoms with Gasteiger partial charge in [0.1, 0.15) is 5.82 Å². The molecule has 0 bridgehead atoms. The highest BCUT2D eigenvalue weighted by Gasteiger charge is 2.07. The predicted molar refractivity (Wildman–Crippen MR) is 102 cm³/mol. The van der Waals surface area contributed by atoms with Crippen molar-refractivity contribution in [2.45, 2.75) is 26.7 Å². The smallest absolute Gasteiger partial charge is 0.248 e. The molecule has 0 saturated heterocycles. The average molecular weight is 357 g/mol. The van der Waals surface area contributed by atoms with Crippen molar-refractivity contribution in [2.24, 2.45) is 0 Å². The van der Waals surface area contributed by atoms with Gasteiger partial charge in [-0.1, -0.05) is 31.5 Å². The summed E-state index contributed by atoms with van der Waals surface area (Å²) in [5, 5.41) is 2.51. The normalized spacial score (nSPS) is 10.7. The Bertz CT molecular complexity index is 759. The van der Waals surface area contributed by atoms with Gasteiger partial charge in [0.25, 0.3) is 0 Å². The maximum atomic E-state index is 13.6. The Labute approximate surface area is 153 Å². The lowest BCUT2D eigenvalue weighted by Gasteiger charge is -2.12. The first-order chi connectivity index (χ1) is 12.6. The van der Waals surface area contributed by atoms with E-state index in [-0.39, 0.29) is 5.69 Å². The summed E-state index contributed by atoms with van der Waals surface area (Å²) < 4.78 is 24.9. The Morgan fingerprint density at radius 2 is 1.92 bits per heavy atom. The zero-order valence-corrected chi connectivity index (χ0v) is 15.1. The predicted octanol–water partition coefficient (Wildman–Crippen LogP) is 5.06. The summed E-state index contributed by atoms with van der Waals surface area (Å²) in [6.45, 7) is 5.16. The molecule has 2 aromatic carbocycles. The van der Waals surface area contributed by atoms with Gasteiger partial charge in [-0.25, -0.2) is 4.39 Å². The van der Waals surface area contributed by atoms with Gasteiger partial charge in [0.15, 0.2) is 11.5 Å². The van der Waals surface area contributed by atoms with Crippen LogP contribution >= 0.6 is 0 Å². The molecule has 1 N–H and O–H groups in total. The highest BCUT2D eigenvalue weighted by molar-refractivity contribution is 6.02. The molecule has 2 aromatic rings. The molecular formula is C21H24FNO3. The van der Waals surface area contributed by atoms with Crippen LogP contribution in [0.5, 0.6) is 11.5 Å². The van der Waals surface area contributed by atoms with Crippen LogP contribution < -0.4 is 14.8 Å². The number of hydrogen-bond donors (Lipinski definition) is 1. The van der Waals surface area contributed by atoms with Gasteiger partial charge >= 0.3 is 0 Å². The standard InChI is InChI=1S/C21H24FNO3/c1-3-5-14-26-19-12-10-16(15-20(19)25-4-2)11-13-21(24)23-18-9-7-6-8-17(18)22/h6-13,15H,3-5,14H2,1-2H3,(H,23,24)/b13-11+. The summed E-state index contributed by atoms with van der Waals surface area (Å²) in [5.41, 5.74) is 0.941. The van der Waals surface area contributed by atoms with Gasteiger partial charge in [-0.2, -0.15) is 0 Å².